The molecule has 8 heteroatoms. The number of nitrogens with zero attached hydrogens (tertiary/aromatic N) is 2. The zero-order valence-electron chi connectivity index (χ0n) is 14.0. The molecule has 1 aromatic rings. The van der Waals surface area contributed by atoms with E-state index in [2.05, 4.69) is 29.6 Å². The molecular weight excluding hydrogens is 316 g/mol. The van der Waals surface area contributed by atoms with E-state index in [1.54, 1.807) is 18.8 Å². The van der Waals surface area contributed by atoms with Gasteiger partial charge >= 0.3 is 0 Å². The zero-order chi connectivity index (χ0) is 17.1. The Morgan fingerprint density at radius 2 is 2.17 bits per heavy atom. The van der Waals surface area contributed by atoms with Crippen molar-refractivity contribution in [3.8, 4) is 0 Å². The van der Waals surface area contributed by atoms with E-state index in [1.807, 2.05) is 12.1 Å². The number of thioether (sulfide) groups is 1. The lowest BCUT2D eigenvalue weighted by Gasteiger charge is -2.07. The second-order valence-corrected chi connectivity index (χ2v) is 6.44. The maximum Gasteiger partial charge on any atom is 0.274 e. The second kappa shape index (κ2) is 11.0. The van der Waals surface area contributed by atoms with Crippen LogP contribution in [0, 0.1) is 10.1 Å². The number of aryl methyl sites for hydroxylation is 1. The van der Waals surface area contributed by atoms with Crippen molar-refractivity contribution in [2.75, 3.05) is 40.0 Å². The molecule has 2 N–H and O–H groups in total. The Kier molecular flexibility index (Phi) is 9.23. The molecule has 0 saturated carbocycles. The van der Waals surface area contributed by atoms with Crippen LogP contribution in [-0.4, -0.2) is 49.8 Å². The first-order chi connectivity index (χ1) is 11.0. The van der Waals surface area contributed by atoms with E-state index in [1.165, 1.54) is 0 Å². The van der Waals surface area contributed by atoms with Crippen molar-refractivity contribution in [1.82, 2.24) is 15.5 Å². The van der Waals surface area contributed by atoms with Gasteiger partial charge in [-0.3, -0.25) is 10.1 Å². The quantitative estimate of drug-likeness (QED) is 0.341. The lowest BCUT2D eigenvalue weighted by atomic mass is 10.2. The molecule has 0 saturated heterocycles. The Bertz CT molecular complexity index is 503. The van der Waals surface area contributed by atoms with Crippen molar-refractivity contribution in [3.63, 3.8) is 0 Å². The Hall–Kier alpha value is -1.67. The molecule has 0 spiro atoms. The maximum atomic E-state index is 10.4. The minimum atomic E-state index is -0.480. The van der Waals surface area contributed by atoms with Gasteiger partial charge in [-0.1, -0.05) is 0 Å². The largest absolute Gasteiger partial charge is 0.465 e. The molecule has 0 fully saturated rings. The predicted octanol–water partition coefficient (Wildman–Crippen LogP) is 1.89. The molecule has 1 heterocycles. The highest BCUT2D eigenvalue weighted by atomic mass is 32.2. The van der Waals surface area contributed by atoms with Gasteiger partial charge in [0.15, 0.2) is 5.82 Å². The number of nitro groups is 1. The summed E-state index contributed by atoms with van der Waals surface area (Å²) in [6.07, 6.45) is 2.98. The Balaban J connectivity index is 2.18. The first kappa shape index (κ1) is 19.4. The standard InChI is InChI=1S/C15H26N4O3S/c1-16-15(11-19(20)21)17-8-10-23-12-14-7-6-13(22-14)5-4-9-18(2)3/h6-7,11,16-17H,4-5,8-10,12H2,1-3H3/b15-11+. The number of rotatable bonds is 12. The van der Waals surface area contributed by atoms with Gasteiger partial charge in [-0.05, 0) is 39.2 Å². The molecule has 130 valence electrons. The number of hydrogen-bond acceptors (Lipinski definition) is 7. The van der Waals surface area contributed by atoms with Crippen LogP contribution >= 0.6 is 11.8 Å². The van der Waals surface area contributed by atoms with Crippen molar-refractivity contribution >= 4 is 11.8 Å². The molecule has 0 aliphatic carbocycles. The monoisotopic (exact) mass is 342 g/mol. The third kappa shape index (κ3) is 9.14. The fourth-order valence-corrected chi connectivity index (χ4v) is 2.69. The first-order valence-corrected chi connectivity index (χ1v) is 8.73. The van der Waals surface area contributed by atoms with Crippen LogP contribution in [0.4, 0.5) is 0 Å². The molecule has 0 bridgehead atoms. The van der Waals surface area contributed by atoms with Gasteiger partial charge in [0.1, 0.15) is 11.5 Å². The molecule has 0 atom stereocenters. The zero-order valence-corrected chi connectivity index (χ0v) is 14.8. The average Bonchev–Trinajstić information content (AvgIpc) is 2.92. The molecule has 0 unspecified atom stereocenters. The molecular formula is C15H26N4O3S. The van der Waals surface area contributed by atoms with Crippen LogP contribution in [-0.2, 0) is 12.2 Å². The minimum absolute atomic E-state index is 0.414. The van der Waals surface area contributed by atoms with Crippen LogP contribution in [0.15, 0.2) is 28.6 Å². The van der Waals surface area contributed by atoms with Gasteiger partial charge in [0, 0.05) is 25.8 Å². The van der Waals surface area contributed by atoms with Gasteiger partial charge in [-0.25, -0.2) is 0 Å². The molecule has 0 aromatic carbocycles. The fraction of sp³-hybridized carbons (Fsp3) is 0.600. The molecule has 0 radical (unpaired) electrons. The summed E-state index contributed by atoms with van der Waals surface area (Å²) in [4.78, 5) is 12.1. The van der Waals surface area contributed by atoms with Crippen LogP contribution in [0.25, 0.3) is 0 Å². The molecule has 23 heavy (non-hydrogen) atoms. The second-order valence-electron chi connectivity index (χ2n) is 5.33. The summed E-state index contributed by atoms with van der Waals surface area (Å²) >= 11 is 1.73. The summed E-state index contributed by atoms with van der Waals surface area (Å²) in [5.41, 5.74) is 0. The SMILES string of the molecule is CN/C(=C\[N+](=O)[O-])NCCSCc1ccc(CCCN(C)C)o1. The van der Waals surface area contributed by atoms with E-state index < -0.39 is 4.92 Å². The Morgan fingerprint density at radius 3 is 2.83 bits per heavy atom. The Morgan fingerprint density at radius 1 is 1.43 bits per heavy atom. The average molecular weight is 342 g/mol. The van der Waals surface area contributed by atoms with E-state index in [0.717, 1.165) is 48.6 Å². The van der Waals surface area contributed by atoms with E-state index in [-0.39, 0.29) is 0 Å². The maximum absolute atomic E-state index is 10.4. The van der Waals surface area contributed by atoms with Gasteiger partial charge in [0.05, 0.1) is 10.7 Å². The first-order valence-electron chi connectivity index (χ1n) is 7.58. The van der Waals surface area contributed by atoms with Crippen molar-refractivity contribution in [3.05, 3.63) is 45.8 Å². The summed E-state index contributed by atoms with van der Waals surface area (Å²) in [6.45, 7) is 1.71. The normalized spacial score (nSPS) is 11.7. The summed E-state index contributed by atoms with van der Waals surface area (Å²) in [7, 11) is 5.79. The third-order valence-electron chi connectivity index (χ3n) is 3.06. The van der Waals surface area contributed by atoms with Crippen LogP contribution in [0.1, 0.15) is 17.9 Å². The number of hydrogen-bond donors (Lipinski definition) is 2. The van der Waals surface area contributed by atoms with Gasteiger partial charge < -0.3 is 20.0 Å². The molecule has 7 nitrogen and oxygen atoms in total. The van der Waals surface area contributed by atoms with Crippen LogP contribution in [0.5, 0.6) is 0 Å². The van der Waals surface area contributed by atoms with E-state index in [9.17, 15) is 10.1 Å². The fourth-order valence-electron chi connectivity index (χ4n) is 1.94. The highest BCUT2D eigenvalue weighted by Crippen LogP contribution is 2.16. The van der Waals surface area contributed by atoms with Crippen molar-refractivity contribution in [1.29, 1.82) is 0 Å². The number of furan rings is 1. The number of nitrogens with one attached hydrogen (secondary N) is 2. The summed E-state index contributed by atoms with van der Waals surface area (Å²) < 4.78 is 5.79. The van der Waals surface area contributed by atoms with Crippen LogP contribution < -0.4 is 10.6 Å². The summed E-state index contributed by atoms with van der Waals surface area (Å²) in [5.74, 6) is 4.07. The van der Waals surface area contributed by atoms with Gasteiger partial charge in [0.2, 0.25) is 0 Å². The molecule has 0 aliphatic rings. The third-order valence-corrected chi connectivity index (χ3v) is 4.04. The lowest BCUT2D eigenvalue weighted by molar-refractivity contribution is -0.404. The Labute approximate surface area is 141 Å². The molecule has 1 rings (SSSR count). The van der Waals surface area contributed by atoms with Gasteiger partial charge in [-0.2, -0.15) is 11.8 Å². The van der Waals surface area contributed by atoms with Crippen LogP contribution in [0.3, 0.4) is 0 Å². The predicted molar refractivity (Wildman–Crippen MR) is 93.9 cm³/mol. The lowest BCUT2D eigenvalue weighted by Crippen LogP contribution is -2.26. The smallest absolute Gasteiger partial charge is 0.274 e. The van der Waals surface area contributed by atoms with Crippen LogP contribution in [0.2, 0.25) is 0 Å². The molecule has 0 amide bonds. The van der Waals surface area contributed by atoms with E-state index in [4.69, 9.17) is 4.42 Å². The highest BCUT2D eigenvalue weighted by Gasteiger charge is 2.04. The topological polar surface area (TPSA) is 83.6 Å². The molecule has 0 aliphatic heterocycles. The van der Waals surface area contributed by atoms with Crippen molar-refractivity contribution < 1.29 is 9.34 Å². The highest BCUT2D eigenvalue weighted by molar-refractivity contribution is 7.98. The minimum Gasteiger partial charge on any atom is -0.465 e. The van der Waals surface area contributed by atoms with Crippen molar-refractivity contribution in [2.24, 2.45) is 0 Å². The van der Waals surface area contributed by atoms with E-state index in [0.29, 0.717) is 12.4 Å². The molecule has 1 aromatic heterocycles. The van der Waals surface area contributed by atoms with Crippen molar-refractivity contribution in [2.45, 2.75) is 18.6 Å². The summed E-state index contributed by atoms with van der Waals surface area (Å²) in [6, 6.07) is 4.07. The van der Waals surface area contributed by atoms with Gasteiger partial charge in [-0.15, -0.1) is 0 Å². The van der Waals surface area contributed by atoms with E-state index >= 15 is 0 Å². The summed E-state index contributed by atoms with van der Waals surface area (Å²) in [5, 5.41) is 16.1. The van der Waals surface area contributed by atoms with Gasteiger partial charge in [0.25, 0.3) is 6.20 Å².